The van der Waals surface area contributed by atoms with Crippen molar-refractivity contribution in [2.24, 2.45) is 0 Å². The van der Waals surface area contributed by atoms with Gasteiger partial charge >= 0.3 is 0 Å². The number of benzene rings is 2. The van der Waals surface area contributed by atoms with Gasteiger partial charge in [-0.1, -0.05) is 46.8 Å². The third kappa shape index (κ3) is 4.77. The summed E-state index contributed by atoms with van der Waals surface area (Å²) in [5, 5.41) is 20.8. The summed E-state index contributed by atoms with van der Waals surface area (Å²) in [6, 6.07) is 14.8. The maximum absolute atomic E-state index is 12.5. The van der Waals surface area contributed by atoms with Gasteiger partial charge in [-0.2, -0.15) is 5.26 Å². The van der Waals surface area contributed by atoms with Crippen LogP contribution in [0.2, 0.25) is 5.02 Å². The second-order valence-corrected chi connectivity index (χ2v) is 8.70. The van der Waals surface area contributed by atoms with Gasteiger partial charge < -0.3 is 4.74 Å². The second kappa shape index (κ2) is 8.66. The van der Waals surface area contributed by atoms with Gasteiger partial charge in [0.1, 0.15) is 12.4 Å². The lowest BCUT2D eigenvalue weighted by Crippen LogP contribution is -2.21. The molecule has 0 atom stereocenters. The van der Waals surface area contributed by atoms with Crippen molar-refractivity contribution in [2.45, 2.75) is 10.1 Å². The summed E-state index contributed by atoms with van der Waals surface area (Å²) in [7, 11) is 0. The molecule has 0 aliphatic carbocycles. The van der Waals surface area contributed by atoms with E-state index in [2.05, 4.69) is 21.6 Å². The van der Waals surface area contributed by atoms with Crippen LogP contribution in [0.15, 0.2) is 52.4 Å². The number of rotatable bonds is 5. The number of carbonyl (C=O) groups is 1. The van der Waals surface area contributed by atoms with Crippen LogP contribution in [0.5, 0.6) is 5.75 Å². The van der Waals surface area contributed by atoms with Crippen molar-refractivity contribution in [1.82, 2.24) is 10.2 Å². The molecule has 1 aliphatic rings. The van der Waals surface area contributed by atoms with Gasteiger partial charge in [0, 0.05) is 16.3 Å². The molecule has 144 valence electrons. The zero-order chi connectivity index (χ0) is 20.2. The quantitative estimate of drug-likeness (QED) is 0.454. The number of ether oxygens (including phenoxy) is 1. The first-order chi connectivity index (χ1) is 14.1. The first-order valence-electron chi connectivity index (χ1n) is 8.50. The molecule has 0 unspecified atom stereocenters. The van der Waals surface area contributed by atoms with Crippen molar-refractivity contribution in [3.63, 3.8) is 0 Å². The van der Waals surface area contributed by atoms with Crippen molar-refractivity contribution in [3.8, 4) is 11.8 Å². The predicted octanol–water partition coefficient (Wildman–Crippen LogP) is 4.77. The van der Waals surface area contributed by atoms with Crippen LogP contribution in [-0.4, -0.2) is 22.7 Å². The summed E-state index contributed by atoms with van der Waals surface area (Å²) in [5.41, 5.74) is 2.97. The molecule has 0 fully saturated rings. The van der Waals surface area contributed by atoms with E-state index < -0.39 is 0 Å². The number of nitriles is 1. The third-order valence-electron chi connectivity index (χ3n) is 4.05. The van der Waals surface area contributed by atoms with Crippen LogP contribution in [0.3, 0.4) is 0 Å². The Morgan fingerprint density at radius 3 is 2.90 bits per heavy atom. The highest BCUT2D eigenvalue weighted by molar-refractivity contribution is 8.00. The third-order valence-corrected chi connectivity index (χ3v) is 6.33. The van der Waals surface area contributed by atoms with Gasteiger partial charge in [0.25, 0.3) is 5.91 Å². The number of hydrogen-bond donors (Lipinski definition) is 1. The molecule has 9 heteroatoms. The minimum Gasteiger partial charge on any atom is -0.488 e. The maximum atomic E-state index is 12.5. The van der Waals surface area contributed by atoms with E-state index >= 15 is 0 Å². The number of hydrogen-bond acceptors (Lipinski definition) is 7. The zero-order valence-electron chi connectivity index (χ0n) is 14.9. The van der Waals surface area contributed by atoms with E-state index in [0.717, 1.165) is 15.5 Å². The normalized spacial score (nSPS) is 12.3. The molecule has 1 amide bonds. The Hall–Kier alpha value is -2.86. The molecule has 0 bridgehead atoms. The molecule has 1 aromatic heterocycles. The van der Waals surface area contributed by atoms with Gasteiger partial charge in [0.15, 0.2) is 4.34 Å². The van der Waals surface area contributed by atoms with Crippen molar-refractivity contribution >= 4 is 51.8 Å². The van der Waals surface area contributed by atoms with E-state index in [-0.39, 0.29) is 12.5 Å². The van der Waals surface area contributed by atoms with E-state index in [1.165, 1.54) is 23.1 Å². The summed E-state index contributed by atoms with van der Waals surface area (Å²) in [4.78, 5) is 12.5. The van der Waals surface area contributed by atoms with E-state index in [1.807, 2.05) is 12.1 Å². The summed E-state index contributed by atoms with van der Waals surface area (Å²) < 4.78 is 6.36. The fourth-order valence-corrected chi connectivity index (χ4v) is 4.48. The van der Waals surface area contributed by atoms with Crippen LogP contribution in [0.4, 0.5) is 5.13 Å². The Balaban J connectivity index is 1.37. The van der Waals surface area contributed by atoms with Crippen molar-refractivity contribution in [2.75, 3.05) is 11.9 Å². The lowest BCUT2D eigenvalue weighted by atomic mass is 10.1. The number of carbonyl (C=O) groups excluding carboxylic acids is 1. The van der Waals surface area contributed by atoms with Crippen LogP contribution in [-0.2, 0) is 10.5 Å². The van der Waals surface area contributed by atoms with Gasteiger partial charge in [0.05, 0.1) is 17.2 Å². The fraction of sp³-hybridized carbons (Fsp3) is 0.100. The standard InChI is InChI=1S/C20H13ClN4O2S2/c21-16-5-6-17-14(8-16)7-15(10-27-17)18(26)23-19-24-25-20(29-19)28-11-13-3-1-12(9-22)2-4-13/h1-8H,10-11H2,(H,23,24,26). The average Bonchev–Trinajstić information content (AvgIpc) is 3.19. The molecule has 1 aliphatic heterocycles. The summed E-state index contributed by atoms with van der Waals surface area (Å²) in [6.45, 7) is 0.180. The molecule has 29 heavy (non-hydrogen) atoms. The smallest absolute Gasteiger partial charge is 0.256 e. The molecule has 0 saturated carbocycles. The lowest BCUT2D eigenvalue weighted by Gasteiger charge is -2.17. The highest BCUT2D eigenvalue weighted by Crippen LogP contribution is 2.31. The lowest BCUT2D eigenvalue weighted by molar-refractivity contribution is -0.113. The molecular weight excluding hydrogens is 428 g/mol. The Kier molecular flexibility index (Phi) is 5.81. The number of aromatic nitrogens is 2. The first-order valence-corrected chi connectivity index (χ1v) is 10.7. The predicted molar refractivity (Wildman–Crippen MR) is 114 cm³/mol. The number of nitrogens with zero attached hydrogens (tertiary/aromatic N) is 3. The SMILES string of the molecule is N#Cc1ccc(CSc2nnc(NC(=O)C3=Cc4cc(Cl)ccc4OC3)s2)cc1. The van der Waals surface area contributed by atoms with Crippen LogP contribution < -0.4 is 10.1 Å². The van der Waals surface area contributed by atoms with Crippen LogP contribution in [0.25, 0.3) is 6.08 Å². The van der Waals surface area contributed by atoms with Crippen molar-refractivity contribution in [1.29, 1.82) is 5.26 Å². The zero-order valence-corrected chi connectivity index (χ0v) is 17.3. The van der Waals surface area contributed by atoms with Gasteiger partial charge in [-0.3, -0.25) is 10.1 Å². The number of thioether (sulfide) groups is 1. The monoisotopic (exact) mass is 440 g/mol. The Morgan fingerprint density at radius 2 is 2.10 bits per heavy atom. The molecule has 2 aromatic carbocycles. The Morgan fingerprint density at radius 1 is 1.28 bits per heavy atom. The van der Waals surface area contributed by atoms with E-state index in [1.54, 1.807) is 36.4 Å². The summed E-state index contributed by atoms with van der Waals surface area (Å²) >= 11 is 8.83. The number of fused-ring (bicyclic) bond motifs is 1. The maximum Gasteiger partial charge on any atom is 0.256 e. The van der Waals surface area contributed by atoms with Crippen LogP contribution in [0.1, 0.15) is 16.7 Å². The topological polar surface area (TPSA) is 87.9 Å². The van der Waals surface area contributed by atoms with E-state index in [9.17, 15) is 4.79 Å². The van der Waals surface area contributed by atoms with Crippen LogP contribution >= 0.6 is 34.7 Å². The number of nitrogens with one attached hydrogen (secondary N) is 1. The molecule has 1 N–H and O–H groups in total. The molecule has 2 heterocycles. The molecule has 0 radical (unpaired) electrons. The van der Waals surface area contributed by atoms with E-state index in [0.29, 0.717) is 32.8 Å². The minimum atomic E-state index is -0.282. The first kappa shape index (κ1) is 19.5. The highest BCUT2D eigenvalue weighted by Gasteiger charge is 2.19. The van der Waals surface area contributed by atoms with Gasteiger partial charge in [-0.25, -0.2) is 0 Å². The average molecular weight is 441 g/mol. The van der Waals surface area contributed by atoms with Gasteiger partial charge in [0.2, 0.25) is 5.13 Å². The number of anilines is 1. The molecular formula is C20H13ClN4O2S2. The summed E-state index contributed by atoms with van der Waals surface area (Å²) in [6.07, 6.45) is 1.77. The number of amides is 1. The second-order valence-electron chi connectivity index (χ2n) is 6.07. The van der Waals surface area contributed by atoms with E-state index in [4.69, 9.17) is 21.6 Å². The molecule has 0 spiro atoms. The number of halogens is 1. The fourth-order valence-electron chi connectivity index (χ4n) is 2.60. The molecule has 0 saturated heterocycles. The minimum absolute atomic E-state index is 0.180. The highest BCUT2D eigenvalue weighted by atomic mass is 35.5. The molecule has 3 aromatic rings. The van der Waals surface area contributed by atoms with Crippen LogP contribution in [0, 0.1) is 11.3 Å². The largest absolute Gasteiger partial charge is 0.488 e. The van der Waals surface area contributed by atoms with Gasteiger partial charge in [-0.05, 0) is 42.0 Å². The Labute approximate surface area is 180 Å². The van der Waals surface area contributed by atoms with Gasteiger partial charge in [-0.15, -0.1) is 10.2 Å². The Bertz CT molecular complexity index is 1140. The van der Waals surface area contributed by atoms with Crippen molar-refractivity contribution in [3.05, 3.63) is 69.8 Å². The molecule has 4 rings (SSSR count). The molecule has 6 nitrogen and oxygen atoms in total. The summed E-state index contributed by atoms with van der Waals surface area (Å²) in [5.74, 6) is 1.11. The van der Waals surface area contributed by atoms with Crippen molar-refractivity contribution < 1.29 is 9.53 Å².